The summed E-state index contributed by atoms with van der Waals surface area (Å²) in [7, 11) is 0. The quantitative estimate of drug-likeness (QED) is 0.509. The Bertz CT molecular complexity index is 953. The lowest BCUT2D eigenvalue weighted by molar-refractivity contribution is 0.102. The fourth-order valence-electron chi connectivity index (χ4n) is 2.72. The predicted molar refractivity (Wildman–Crippen MR) is 115 cm³/mol. The van der Waals surface area contributed by atoms with Crippen LogP contribution in [0.1, 0.15) is 48.2 Å². The Kier molecular flexibility index (Phi) is 6.75. The minimum absolute atomic E-state index is 0.194. The van der Waals surface area contributed by atoms with Crippen LogP contribution in [-0.4, -0.2) is 20.7 Å². The minimum atomic E-state index is -0.194. The van der Waals surface area contributed by atoms with Crippen molar-refractivity contribution in [2.75, 3.05) is 5.32 Å². The van der Waals surface area contributed by atoms with Crippen LogP contribution >= 0.6 is 23.4 Å². The van der Waals surface area contributed by atoms with Crippen molar-refractivity contribution in [2.45, 2.75) is 44.1 Å². The highest BCUT2D eigenvalue weighted by Crippen LogP contribution is 2.27. The zero-order chi connectivity index (χ0) is 20.1. The number of anilines is 1. The molecule has 0 atom stereocenters. The second kappa shape index (κ2) is 9.26. The molecule has 0 aliphatic carbocycles. The number of benzene rings is 2. The Balaban J connectivity index is 1.71. The number of aromatic nitrogens is 3. The largest absolute Gasteiger partial charge is 0.290 e. The van der Waals surface area contributed by atoms with Gasteiger partial charge in [-0.1, -0.05) is 67.5 Å². The second-order valence-electron chi connectivity index (χ2n) is 6.66. The first-order valence-corrected chi connectivity index (χ1v) is 10.6. The van der Waals surface area contributed by atoms with Crippen molar-refractivity contribution in [3.05, 3.63) is 70.2 Å². The van der Waals surface area contributed by atoms with Gasteiger partial charge in [-0.2, -0.15) is 0 Å². The molecule has 146 valence electrons. The molecule has 0 spiro atoms. The molecule has 0 fully saturated rings. The first-order chi connectivity index (χ1) is 13.5. The van der Waals surface area contributed by atoms with E-state index in [1.165, 1.54) is 5.56 Å². The first-order valence-electron chi connectivity index (χ1n) is 9.20. The molecule has 3 aromatic rings. The molecule has 1 heterocycles. The highest BCUT2D eigenvalue weighted by atomic mass is 35.5. The van der Waals surface area contributed by atoms with E-state index in [1.807, 2.05) is 60.0 Å². The number of halogens is 1. The highest BCUT2D eigenvalue weighted by molar-refractivity contribution is 7.98. The summed E-state index contributed by atoms with van der Waals surface area (Å²) in [4.78, 5) is 12.6. The maximum atomic E-state index is 12.6. The number of carbonyl (C=O) groups excluding carboxylic acids is 1. The molecule has 0 saturated carbocycles. The van der Waals surface area contributed by atoms with Gasteiger partial charge in [-0.05, 0) is 42.2 Å². The monoisotopic (exact) mass is 414 g/mol. The summed E-state index contributed by atoms with van der Waals surface area (Å²) in [6.45, 7) is 6.90. The van der Waals surface area contributed by atoms with Crippen LogP contribution in [0.15, 0.2) is 53.7 Å². The van der Waals surface area contributed by atoms with E-state index >= 15 is 0 Å². The van der Waals surface area contributed by atoms with E-state index in [1.54, 1.807) is 11.8 Å². The Labute approximate surface area is 174 Å². The zero-order valence-corrected chi connectivity index (χ0v) is 17.7. The Morgan fingerprint density at radius 1 is 1.14 bits per heavy atom. The molecule has 5 nitrogen and oxygen atoms in total. The molecule has 3 rings (SSSR count). The highest BCUT2D eigenvalue weighted by Gasteiger charge is 2.15. The molecule has 1 aromatic heterocycles. The Hall–Kier alpha value is -2.31. The molecule has 1 amide bonds. The van der Waals surface area contributed by atoms with Gasteiger partial charge in [0.25, 0.3) is 5.91 Å². The van der Waals surface area contributed by atoms with Gasteiger partial charge in [0.2, 0.25) is 5.95 Å². The van der Waals surface area contributed by atoms with E-state index in [-0.39, 0.29) is 5.91 Å². The molecule has 0 aliphatic heterocycles. The van der Waals surface area contributed by atoms with Gasteiger partial charge in [0.05, 0.1) is 0 Å². The van der Waals surface area contributed by atoms with Crippen LogP contribution < -0.4 is 5.32 Å². The molecule has 7 heteroatoms. The predicted octanol–water partition coefficient (Wildman–Crippen LogP) is 5.62. The van der Waals surface area contributed by atoms with Crippen molar-refractivity contribution >= 4 is 35.2 Å². The average Bonchev–Trinajstić information content (AvgIpc) is 3.08. The van der Waals surface area contributed by atoms with Crippen molar-refractivity contribution in [3.63, 3.8) is 0 Å². The molecule has 2 aromatic carbocycles. The van der Waals surface area contributed by atoms with Crippen LogP contribution in [0, 0.1) is 0 Å². The smallest absolute Gasteiger partial charge is 0.258 e. The fraction of sp³-hybridized carbons (Fsp3) is 0.286. The number of nitrogens with zero attached hydrogens (tertiary/aromatic N) is 3. The lowest BCUT2D eigenvalue weighted by Crippen LogP contribution is -2.16. The molecular weight excluding hydrogens is 392 g/mol. The maximum Gasteiger partial charge on any atom is 0.258 e. The third kappa shape index (κ3) is 4.75. The van der Waals surface area contributed by atoms with E-state index in [9.17, 15) is 4.79 Å². The van der Waals surface area contributed by atoms with Crippen molar-refractivity contribution in [2.24, 2.45) is 0 Å². The van der Waals surface area contributed by atoms with Crippen LogP contribution in [-0.2, 0) is 12.3 Å². The number of amides is 1. The van der Waals surface area contributed by atoms with E-state index in [4.69, 9.17) is 11.6 Å². The van der Waals surface area contributed by atoms with Gasteiger partial charge in [-0.15, -0.1) is 10.2 Å². The fourth-order valence-corrected chi connectivity index (χ4v) is 4.01. The number of hydrogen-bond acceptors (Lipinski definition) is 4. The van der Waals surface area contributed by atoms with Gasteiger partial charge in [0, 0.05) is 22.9 Å². The van der Waals surface area contributed by atoms with Crippen molar-refractivity contribution < 1.29 is 4.79 Å². The summed E-state index contributed by atoms with van der Waals surface area (Å²) < 4.78 is 1.89. The second-order valence-corrected chi connectivity index (χ2v) is 8.01. The van der Waals surface area contributed by atoms with E-state index < -0.39 is 0 Å². The van der Waals surface area contributed by atoms with Crippen LogP contribution in [0.2, 0.25) is 5.02 Å². The van der Waals surface area contributed by atoms with E-state index in [0.717, 1.165) is 15.7 Å². The SMILES string of the molecule is CCn1c(NC(=O)c2ccc(C(C)C)cc2)nnc1SCc1ccccc1Cl. The number of carbonyl (C=O) groups is 1. The third-order valence-electron chi connectivity index (χ3n) is 4.41. The molecule has 0 bridgehead atoms. The molecule has 0 saturated heterocycles. The van der Waals surface area contributed by atoms with Crippen LogP contribution in [0.5, 0.6) is 0 Å². The summed E-state index contributed by atoms with van der Waals surface area (Å²) in [5, 5.41) is 12.7. The summed E-state index contributed by atoms with van der Waals surface area (Å²) in [5.74, 6) is 1.36. The average molecular weight is 415 g/mol. The van der Waals surface area contributed by atoms with Crippen molar-refractivity contribution in [1.29, 1.82) is 0 Å². The van der Waals surface area contributed by atoms with E-state index in [0.29, 0.717) is 29.7 Å². The number of thioether (sulfide) groups is 1. The number of hydrogen-bond donors (Lipinski definition) is 1. The van der Waals surface area contributed by atoms with Gasteiger partial charge in [-0.25, -0.2) is 0 Å². The number of rotatable bonds is 7. The van der Waals surface area contributed by atoms with Gasteiger partial charge < -0.3 is 0 Å². The summed E-state index contributed by atoms with van der Waals surface area (Å²) in [6.07, 6.45) is 0. The maximum absolute atomic E-state index is 12.6. The molecule has 0 unspecified atom stereocenters. The summed E-state index contributed by atoms with van der Waals surface area (Å²) in [6, 6.07) is 15.4. The molecule has 1 N–H and O–H groups in total. The standard InChI is InChI=1S/C21H23ClN4OS/c1-4-26-20(23-19(27)16-11-9-15(10-12-16)14(2)3)24-25-21(26)28-13-17-7-5-6-8-18(17)22/h5-12,14H,4,13H2,1-3H3,(H,23,24,27). The van der Waals surface area contributed by atoms with E-state index in [2.05, 4.69) is 29.4 Å². The van der Waals surface area contributed by atoms with Crippen molar-refractivity contribution in [3.8, 4) is 0 Å². The summed E-state index contributed by atoms with van der Waals surface area (Å²) in [5.41, 5.74) is 2.84. The Morgan fingerprint density at radius 3 is 2.50 bits per heavy atom. The normalized spacial score (nSPS) is 11.0. The lowest BCUT2D eigenvalue weighted by atomic mass is 10.0. The van der Waals surface area contributed by atoms with Crippen LogP contribution in [0.25, 0.3) is 0 Å². The number of nitrogens with one attached hydrogen (secondary N) is 1. The van der Waals surface area contributed by atoms with Crippen LogP contribution in [0.4, 0.5) is 5.95 Å². The first kappa shape index (κ1) is 20.4. The van der Waals surface area contributed by atoms with Gasteiger partial charge in [-0.3, -0.25) is 14.7 Å². The summed E-state index contributed by atoms with van der Waals surface area (Å²) >= 11 is 7.76. The Morgan fingerprint density at radius 2 is 1.86 bits per heavy atom. The van der Waals surface area contributed by atoms with Crippen LogP contribution in [0.3, 0.4) is 0 Å². The molecule has 0 aliphatic rings. The molecule has 28 heavy (non-hydrogen) atoms. The molecular formula is C21H23ClN4OS. The van der Waals surface area contributed by atoms with Gasteiger partial charge in [0.15, 0.2) is 5.16 Å². The van der Waals surface area contributed by atoms with Crippen molar-refractivity contribution in [1.82, 2.24) is 14.8 Å². The lowest BCUT2D eigenvalue weighted by Gasteiger charge is -2.10. The minimum Gasteiger partial charge on any atom is -0.290 e. The zero-order valence-electron chi connectivity index (χ0n) is 16.1. The van der Waals surface area contributed by atoms with Gasteiger partial charge in [0.1, 0.15) is 0 Å². The van der Waals surface area contributed by atoms with Gasteiger partial charge >= 0.3 is 0 Å². The molecule has 0 radical (unpaired) electrons. The third-order valence-corrected chi connectivity index (χ3v) is 5.80. The topological polar surface area (TPSA) is 59.8 Å².